The molecular formula is C19H14F3N3O3S. The lowest BCUT2D eigenvalue weighted by Gasteiger charge is -2.10. The summed E-state index contributed by atoms with van der Waals surface area (Å²) in [6.45, 7) is 0. The van der Waals surface area contributed by atoms with Crippen molar-refractivity contribution in [2.24, 2.45) is 0 Å². The standard InChI is InChI=1S/C19H14F3N3O3S/c20-19(21,22)28-14-8-6-13(7-9-14)23-17(27)11-29-18-24-15(10-16(26)25-18)12-4-2-1-3-5-12/h1-10H,11H2,(H,23,27)(H,24,25,26). The second-order valence-electron chi connectivity index (χ2n) is 5.71. The van der Waals surface area contributed by atoms with E-state index in [4.69, 9.17) is 0 Å². The molecule has 0 aliphatic rings. The van der Waals surface area contributed by atoms with Crippen molar-refractivity contribution in [2.45, 2.75) is 11.5 Å². The Morgan fingerprint density at radius 3 is 2.45 bits per heavy atom. The number of amides is 1. The number of aromatic amines is 1. The third kappa shape index (κ3) is 6.39. The Labute approximate surface area is 167 Å². The molecule has 0 bridgehead atoms. The Balaban J connectivity index is 1.60. The van der Waals surface area contributed by atoms with Gasteiger partial charge in [0.15, 0.2) is 5.16 Å². The first-order chi connectivity index (χ1) is 13.8. The van der Waals surface area contributed by atoms with Crippen LogP contribution in [0.1, 0.15) is 0 Å². The first-order valence-electron chi connectivity index (χ1n) is 8.24. The molecule has 0 radical (unpaired) electrons. The minimum Gasteiger partial charge on any atom is -0.406 e. The minimum atomic E-state index is -4.78. The van der Waals surface area contributed by atoms with E-state index >= 15 is 0 Å². The van der Waals surface area contributed by atoms with Gasteiger partial charge in [-0.2, -0.15) is 0 Å². The number of nitrogens with zero attached hydrogens (tertiary/aromatic N) is 1. The van der Waals surface area contributed by atoms with Gasteiger partial charge in [-0.1, -0.05) is 42.1 Å². The van der Waals surface area contributed by atoms with Crippen LogP contribution in [0.2, 0.25) is 0 Å². The van der Waals surface area contributed by atoms with Crippen molar-refractivity contribution in [2.75, 3.05) is 11.1 Å². The number of thioether (sulfide) groups is 1. The van der Waals surface area contributed by atoms with E-state index < -0.39 is 12.3 Å². The summed E-state index contributed by atoms with van der Waals surface area (Å²) < 4.78 is 40.2. The van der Waals surface area contributed by atoms with E-state index in [1.54, 1.807) is 0 Å². The van der Waals surface area contributed by atoms with E-state index in [0.29, 0.717) is 11.4 Å². The zero-order valence-electron chi connectivity index (χ0n) is 14.7. The lowest BCUT2D eigenvalue weighted by Crippen LogP contribution is -2.17. The summed E-state index contributed by atoms with van der Waals surface area (Å²) in [7, 11) is 0. The largest absolute Gasteiger partial charge is 0.573 e. The summed E-state index contributed by atoms with van der Waals surface area (Å²) in [4.78, 5) is 30.8. The van der Waals surface area contributed by atoms with E-state index in [1.807, 2.05) is 30.3 Å². The molecule has 29 heavy (non-hydrogen) atoms. The van der Waals surface area contributed by atoms with Gasteiger partial charge in [0.25, 0.3) is 5.56 Å². The highest BCUT2D eigenvalue weighted by atomic mass is 32.2. The lowest BCUT2D eigenvalue weighted by atomic mass is 10.1. The quantitative estimate of drug-likeness (QED) is 0.463. The van der Waals surface area contributed by atoms with Crippen molar-refractivity contribution in [1.82, 2.24) is 9.97 Å². The monoisotopic (exact) mass is 421 g/mol. The van der Waals surface area contributed by atoms with Gasteiger partial charge in [-0.05, 0) is 24.3 Å². The molecule has 2 aromatic carbocycles. The number of anilines is 1. The number of carbonyl (C=O) groups is 1. The van der Waals surface area contributed by atoms with Gasteiger partial charge < -0.3 is 15.0 Å². The van der Waals surface area contributed by atoms with Crippen molar-refractivity contribution in [3.05, 3.63) is 71.0 Å². The van der Waals surface area contributed by atoms with Crippen LogP contribution in [0.4, 0.5) is 18.9 Å². The van der Waals surface area contributed by atoms with Gasteiger partial charge in [0.1, 0.15) is 5.75 Å². The molecule has 0 fully saturated rings. The number of carbonyl (C=O) groups excluding carboxylic acids is 1. The van der Waals surface area contributed by atoms with Crippen molar-refractivity contribution in [3.63, 3.8) is 0 Å². The van der Waals surface area contributed by atoms with Gasteiger partial charge in [-0.3, -0.25) is 9.59 Å². The van der Waals surface area contributed by atoms with Crippen LogP contribution in [0.5, 0.6) is 5.75 Å². The maximum absolute atomic E-state index is 12.2. The number of H-pyrrole nitrogens is 1. The number of alkyl halides is 3. The minimum absolute atomic E-state index is 0.0536. The SMILES string of the molecule is O=C(CSc1nc(-c2ccccc2)cc(=O)[nH]1)Nc1ccc(OC(F)(F)F)cc1. The average molecular weight is 421 g/mol. The van der Waals surface area contributed by atoms with Gasteiger partial charge >= 0.3 is 6.36 Å². The van der Waals surface area contributed by atoms with Crippen LogP contribution in [-0.4, -0.2) is 28.0 Å². The van der Waals surface area contributed by atoms with Crippen LogP contribution in [0.3, 0.4) is 0 Å². The first kappa shape index (κ1) is 20.5. The highest BCUT2D eigenvalue weighted by Crippen LogP contribution is 2.24. The number of halogens is 3. The molecule has 3 rings (SSSR count). The molecule has 3 aromatic rings. The van der Waals surface area contributed by atoms with E-state index in [2.05, 4.69) is 20.0 Å². The third-order valence-corrected chi connectivity index (χ3v) is 4.37. The third-order valence-electron chi connectivity index (χ3n) is 3.50. The predicted molar refractivity (Wildman–Crippen MR) is 103 cm³/mol. The fraction of sp³-hybridized carbons (Fsp3) is 0.105. The first-order valence-corrected chi connectivity index (χ1v) is 9.22. The van der Waals surface area contributed by atoms with Crippen LogP contribution in [0, 0.1) is 0 Å². The summed E-state index contributed by atoms with van der Waals surface area (Å²) in [5, 5.41) is 2.82. The van der Waals surface area contributed by atoms with Crippen LogP contribution in [0.15, 0.2) is 70.6 Å². The number of aromatic nitrogens is 2. The van der Waals surface area contributed by atoms with E-state index in [1.165, 1.54) is 18.2 Å². The molecule has 1 heterocycles. The zero-order valence-corrected chi connectivity index (χ0v) is 15.5. The Hall–Kier alpha value is -3.27. The van der Waals surface area contributed by atoms with E-state index in [0.717, 1.165) is 29.5 Å². The molecular weight excluding hydrogens is 407 g/mol. The maximum atomic E-state index is 12.2. The van der Waals surface area contributed by atoms with Gasteiger partial charge in [-0.25, -0.2) is 4.98 Å². The van der Waals surface area contributed by atoms with Crippen molar-refractivity contribution in [1.29, 1.82) is 0 Å². The highest BCUT2D eigenvalue weighted by Gasteiger charge is 2.30. The fourth-order valence-electron chi connectivity index (χ4n) is 2.33. The van der Waals surface area contributed by atoms with Crippen LogP contribution in [-0.2, 0) is 4.79 Å². The second kappa shape index (κ2) is 8.82. The van der Waals surface area contributed by atoms with Gasteiger partial charge in [0, 0.05) is 17.3 Å². The van der Waals surface area contributed by atoms with Crippen molar-refractivity contribution in [3.8, 4) is 17.0 Å². The number of ether oxygens (including phenoxy) is 1. The van der Waals surface area contributed by atoms with E-state index in [-0.39, 0.29) is 22.2 Å². The number of rotatable bonds is 6. The molecule has 0 aliphatic carbocycles. The molecule has 0 atom stereocenters. The zero-order chi connectivity index (χ0) is 20.9. The molecule has 0 unspecified atom stereocenters. The lowest BCUT2D eigenvalue weighted by molar-refractivity contribution is -0.274. The molecule has 1 aromatic heterocycles. The van der Waals surface area contributed by atoms with Crippen molar-refractivity contribution >= 4 is 23.4 Å². The van der Waals surface area contributed by atoms with E-state index in [9.17, 15) is 22.8 Å². The molecule has 0 saturated carbocycles. The molecule has 2 N–H and O–H groups in total. The van der Waals surface area contributed by atoms with Gasteiger partial charge in [-0.15, -0.1) is 13.2 Å². The summed E-state index contributed by atoms with van der Waals surface area (Å²) in [5.41, 5.74) is 1.22. The fourth-order valence-corrected chi connectivity index (χ4v) is 3.01. The topological polar surface area (TPSA) is 84.1 Å². The Morgan fingerprint density at radius 2 is 1.79 bits per heavy atom. The summed E-state index contributed by atoms with van der Waals surface area (Å²) in [5.74, 6) is -0.848. The highest BCUT2D eigenvalue weighted by molar-refractivity contribution is 7.99. The van der Waals surface area contributed by atoms with Crippen LogP contribution in [0.25, 0.3) is 11.3 Å². The molecule has 0 spiro atoms. The Morgan fingerprint density at radius 1 is 1.10 bits per heavy atom. The number of nitrogens with one attached hydrogen (secondary N) is 2. The molecule has 6 nitrogen and oxygen atoms in total. The molecule has 150 valence electrons. The predicted octanol–water partition coefficient (Wildman–Crippen LogP) is 4.07. The number of benzene rings is 2. The average Bonchev–Trinajstić information content (AvgIpc) is 2.67. The molecule has 0 aliphatic heterocycles. The normalized spacial score (nSPS) is 11.1. The Bertz CT molecular complexity index is 1040. The summed E-state index contributed by atoms with van der Waals surface area (Å²) in [6.07, 6.45) is -4.78. The number of hydrogen-bond donors (Lipinski definition) is 2. The molecule has 10 heteroatoms. The summed E-state index contributed by atoms with van der Waals surface area (Å²) in [6, 6.07) is 15.3. The molecule has 0 saturated heterocycles. The summed E-state index contributed by atoms with van der Waals surface area (Å²) >= 11 is 1.03. The smallest absolute Gasteiger partial charge is 0.406 e. The van der Waals surface area contributed by atoms with Gasteiger partial charge in [0.05, 0.1) is 11.4 Å². The van der Waals surface area contributed by atoms with Crippen LogP contribution < -0.4 is 15.6 Å². The maximum Gasteiger partial charge on any atom is 0.573 e. The van der Waals surface area contributed by atoms with Gasteiger partial charge in [0.2, 0.25) is 5.91 Å². The van der Waals surface area contributed by atoms with Crippen molar-refractivity contribution < 1.29 is 22.7 Å². The second-order valence-corrected chi connectivity index (χ2v) is 6.67. The Kier molecular flexibility index (Phi) is 6.23. The van der Waals surface area contributed by atoms with Crippen LogP contribution >= 0.6 is 11.8 Å². The molecule has 1 amide bonds. The number of hydrogen-bond acceptors (Lipinski definition) is 5.